The molecule has 0 spiro atoms. The van der Waals surface area contributed by atoms with Crippen molar-refractivity contribution in [2.75, 3.05) is 5.75 Å². The SMILES string of the molecule is NC(CSCc1ccnc(Cl)c1)C(=O)O. The van der Waals surface area contributed by atoms with Crippen LogP contribution in [0.25, 0.3) is 0 Å². The Labute approximate surface area is 96.8 Å². The van der Waals surface area contributed by atoms with Crippen molar-refractivity contribution in [3.8, 4) is 0 Å². The summed E-state index contributed by atoms with van der Waals surface area (Å²) < 4.78 is 0. The quantitative estimate of drug-likeness (QED) is 0.768. The summed E-state index contributed by atoms with van der Waals surface area (Å²) >= 11 is 7.16. The maximum absolute atomic E-state index is 10.4. The molecule has 0 aliphatic rings. The molecule has 4 nitrogen and oxygen atoms in total. The van der Waals surface area contributed by atoms with Crippen molar-refractivity contribution in [2.45, 2.75) is 11.8 Å². The highest BCUT2D eigenvalue weighted by Crippen LogP contribution is 2.15. The molecule has 1 heterocycles. The van der Waals surface area contributed by atoms with Crippen LogP contribution in [0.5, 0.6) is 0 Å². The van der Waals surface area contributed by atoms with Crippen LogP contribution in [0.15, 0.2) is 18.3 Å². The fourth-order valence-corrected chi connectivity index (χ4v) is 2.03. The highest BCUT2D eigenvalue weighted by Gasteiger charge is 2.10. The van der Waals surface area contributed by atoms with E-state index in [4.69, 9.17) is 22.4 Å². The first-order valence-corrected chi connectivity index (χ1v) is 5.79. The summed E-state index contributed by atoms with van der Waals surface area (Å²) in [4.78, 5) is 14.3. The molecular formula is C9H11ClN2O2S. The number of rotatable bonds is 5. The Morgan fingerprint density at radius 3 is 3.07 bits per heavy atom. The topological polar surface area (TPSA) is 76.2 Å². The van der Waals surface area contributed by atoms with Gasteiger partial charge in [0.15, 0.2) is 0 Å². The smallest absolute Gasteiger partial charge is 0.321 e. The standard InChI is InChI=1S/C9H11ClN2O2S/c10-8-3-6(1-2-12-8)4-15-5-7(11)9(13)14/h1-3,7H,4-5,11H2,(H,13,14). The highest BCUT2D eigenvalue weighted by molar-refractivity contribution is 7.98. The van der Waals surface area contributed by atoms with Gasteiger partial charge < -0.3 is 10.8 Å². The van der Waals surface area contributed by atoms with Crippen molar-refractivity contribution >= 4 is 29.3 Å². The number of hydrogen-bond acceptors (Lipinski definition) is 4. The van der Waals surface area contributed by atoms with Gasteiger partial charge in [-0.1, -0.05) is 11.6 Å². The second-order valence-corrected chi connectivity index (χ2v) is 4.36. The molecule has 0 saturated heterocycles. The van der Waals surface area contributed by atoms with Crippen LogP contribution in [-0.4, -0.2) is 27.9 Å². The second kappa shape index (κ2) is 5.95. The molecule has 0 aliphatic carbocycles. The lowest BCUT2D eigenvalue weighted by atomic mass is 10.3. The van der Waals surface area contributed by atoms with E-state index in [-0.39, 0.29) is 0 Å². The van der Waals surface area contributed by atoms with Crippen LogP contribution >= 0.6 is 23.4 Å². The molecule has 1 atom stereocenters. The lowest BCUT2D eigenvalue weighted by Gasteiger charge is -2.05. The zero-order valence-corrected chi connectivity index (χ0v) is 9.46. The number of halogens is 1. The van der Waals surface area contributed by atoms with Gasteiger partial charge in [-0.05, 0) is 17.7 Å². The average molecular weight is 247 g/mol. The van der Waals surface area contributed by atoms with Gasteiger partial charge in [-0.2, -0.15) is 11.8 Å². The Balaban J connectivity index is 2.35. The number of aliphatic carboxylic acids is 1. The average Bonchev–Trinajstić information content (AvgIpc) is 2.17. The largest absolute Gasteiger partial charge is 0.480 e. The van der Waals surface area contributed by atoms with Gasteiger partial charge >= 0.3 is 5.97 Å². The summed E-state index contributed by atoms with van der Waals surface area (Å²) in [5, 5.41) is 8.99. The van der Waals surface area contributed by atoms with E-state index in [0.29, 0.717) is 16.7 Å². The molecule has 0 saturated carbocycles. The van der Waals surface area contributed by atoms with Gasteiger partial charge in [0.2, 0.25) is 0 Å². The molecule has 1 aromatic rings. The normalized spacial score (nSPS) is 12.4. The van der Waals surface area contributed by atoms with Crippen LogP contribution in [-0.2, 0) is 10.5 Å². The minimum Gasteiger partial charge on any atom is -0.480 e. The minimum absolute atomic E-state index is 0.384. The lowest BCUT2D eigenvalue weighted by molar-refractivity contribution is -0.137. The van der Waals surface area contributed by atoms with Gasteiger partial charge in [-0.3, -0.25) is 4.79 Å². The fraction of sp³-hybridized carbons (Fsp3) is 0.333. The van der Waals surface area contributed by atoms with Crippen LogP contribution in [0.3, 0.4) is 0 Å². The third-order valence-corrected chi connectivity index (χ3v) is 3.01. The van der Waals surface area contributed by atoms with Crippen molar-refractivity contribution in [1.82, 2.24) is 4.98 Å². The first-order valence-electron chi connectivity index (χ1n) is 4.26. The summed E-state index contributed by atoms with van der Waals surface area (Å²) in [6, 6.07) is 2.78. The lowest BCUT2D eigenvalue weighted by Crippen LogP contribution is -2.32. The zero-order chi connectivity index (χ0) is 11.3. The second-order valence-electron chi connectivity index (χ2n) is 2.95. The van der Waals surface area contributed by atoms with E-state index in [1.165, 1.54) is 11.8 Å². The molecular weight excluding hydrogens is 236 g/mol. The van der Waals surface area contributed by atoms with Gasteiger partial charge in [-0.25, -0.2) is 4.98 Å². The van der Waals surface area contributed by atoms with Crippen LogP contribution < -0.4 is 5.73 Å². The van der Waals surface area contributed by atoms with E-state index in [1.54, 1.807) is 12.3 Å². The molecule has 1 unspecified atom stereocenters. The van der Waals surface area contributed by atoms with Crippen molar-refractivity contribution in [2.24, 2.45) is 5.73 Å². The predicted octanol–water partition coefficient (Wildman–Crippen LogP) is 1.38. The van der Waals surface area contributed by atoms with Crippen molar-refractivity contribution < 1.29 is 9.90 Å². The molecule has 0 amide bonds. The number of carbonyl (C=O) groups is 1. The van der Waals surface area contributed by atoms with Gasteiger partial charge in [0.1, 0.15) is 11.2 Å². The monoisotopic (exact) mass is 246 g/mol. The number of aromatic nitrogens is 1. The molecule has 1 aromatic heterocycles. The van der Waals surface area contributed by atoms with E-state index in [2.05, 4.69) is 4.98 Å². The molecule has 82 valence electrons. The summed E-state index contributed by atoms with van der Waals surface area (Å²) in [5.74, 6) is 0.0913. The van der Waals surface area contributed by atoms with E-state index < -0.39 is 12.0 Å². The van der Waals surface area contributed by atoms with Crippen LogP contribution in [0.2, 0.25) is 5.15 Å². The van der Waals surface area contributed by atoms with Gasteiger partial charge in [0, 0.05) is 17.7 Å². The predicted molar refractivity (Wildman–Crippen MR) is 61.0 cm³/mol. The van der Waals surface area contributed by atoms with Crippen LogP contribution in [0.1, 0.15) is 5.56 Å². The molecule has 0 bridgehead atoms. The number of pyridine rings is 1. The van der Waals surface area contributed by atoms with Crippen LogP contribution in [0, 0.1) is 0 Å². The van der Waals surface area contributed by atoms with E-state index >= 15 is 0 Å². The maximum Gasteiger partial charge on any atom is 0.321 e. The van der Waals surface area contributed by atoms with E-state index in [0.717, 1.165) is 5.56 Å². The molecule has 0 aromatic carbocycles. The Kier molecular flexibility index (Phi) is 4.87. The van der Waals surface area contributed by atoms with Crippen molar-refractivity contribution in [1.29, 1.82) is 0 Å². The highest BCUT2D eigenvalue weighted by atomic mass is 35.5. The molecule has 0 fully saturated rings. The number of hydrogen-bond donors (Lipinski definition) is 2. The number of carboxylic acids is 1. The molecule has 0 aliphatic heterocycles. The molecule has 15 heavy (non-hydrogen) atoms. The first kappa shape index (κ1) is 12.3. The number of thioether (sulfide) groups is 1. The molecule has 0 radical (unpaired) electrons. The number of nitrogens with two attached hydrogens (primary N) is 1. The fourth-order valence-electron chi connectivity index (χ4n) is 0.907. The summed E-state index contributed by atoms with van der Waals surface area (Å²) in [7, 11) is 0. The summed E-state index contributed by atoms with van der Waals surface area (Å²) in [5.41, 5.74) is 6.36. The Morgan fingerprint density at radius 2 is 2.47 bits per heavy atom. The number of carboxylic acid groups (broad SMARTS) is 1. The Hall–Kier alpha value is -0.780. The first-order chi connectivity index (χ1) is 7.09. The number of nitrogens with zero attached hydrogens (tertiary/aromatic N) is 1. The third-order valence-electron chi connectivity index (χ3n) is 1.67. The summed E-state index contributed by atoms with van der Waals surface area (Å²) in [6.07, 6.45) is 1.62. The van der Waals surface area contributed by atoms with Crippen LogP contribution in [0.4, 0.5) is 0 Å². The molecule has 1 rings (SSSR count). The van der Waals surface area contributed by atoms with E-state index in [1.807, 2.05) is 6.07 Å². The molecule has 3 N–H and O–H groups in total. The third kappa shape index (κ3) is 4.51. The Bertz CT molecular complexity index is 349. The molecule has 6 heteroatoms. The minimum atomic E-state index is -0.977. The van der Waals surface area contributed by atoms with E-state index in [9.17, 15) is 4.79 Å². The van der Waals surface area contributed by atoms with Gasteiger partial charge in [-0.15, -0.1) is 0 Å². The van der Waals surface area contributed by atoms with Crippen molar-refractivity contribution in [3.05, 3.63) is 29.0 Å². The van der Waals surface area contributed by atoms with Crippen molar-refractivity contribution in [3.63, 3.8) is 0 Å². The van der Waals surface area contributed by atoms with Gasteiger partial charge in [0.25, 0.3) is 0 Å². The Morgan fingerprint density at radius 1 is 1.73 bits per heavy atom. The maximum atomic E-state index is 10.4. The zero-order valence-electron chi connectivity index (χ0n) is 7.89. The summed E-state index contributed by atoms with van der Waals surface area (Å²) in [6.45, 7) is 0. The van der Waals surface area contributed by atoms with Gasteiger partial charge in [0.05, 0.1) is 0 Å².